The molecule has 2 aliphatic carbocycles. The molecule has 158 valence electrons. The molecule has 4 aliphatic rings. The number of nitrogens with one attached hydrogen (secondary N) is 2. The van der Waals surface area contributed by atoms with E-state index in [1.807, 2.05) is 6.92 Å². The van der Waals surface area contributed by atoms with E-state index in [2.05, 4.69) is 10.0 Å². The summed E-state index contributed by atoms with van der Waals surface area (Å²) in [7, 11) is -3.67. The summed E-state index contributed by atoms with van der Waals surface area (Å²) >= 11 is 0. The molecular weight excluding hydrogens is 396 g/mol. The third-order valence-corrected chi connectivity index (χ3v) is 7.53. The molecule has 3 amide bonds. The van der Waals surface area contributed by atoms with Crippen LogP contribution < -0.4 is 10.0 Å². The molecule has 9 nitrogen and oxygen atoms in total. The first-order valence-corrected chi connectivity index (χ1v) is 11.5. The summed E-state index contributed by atoms with van der Waals surface area (Å²) in [5.41, 5.74) is 0.304. The van der Waals surface area contributed by atoms with E-state index in [1.54, 1.807) is 13.0 Å². The van der Waals surface area contributed by atoms with Gasteiger partial charge in [-0.1, -0.05) is 6.08 Å². The number of fused-ring (bicyclic) bond motifs is 1. The lowest BCUT2D eigenvalue weighted by Gasteiger charge is -2.29. The molecule has 1 saturated carbocycles. The van der Waals surface area contributed by atoms with E-state index in [1.165, 1.54) is 16.7 Å². The van der Waals surface area contributed by atoms with Crippen LogP contribution in [-0.2, 0) is 19.6 Å². The molecule has 0 spiro atoms. The van der Waals surface area contributed by atoms with Crippen molar-refractivity contribution >= 4 is 27.7 Å². The van der Waals surface area contributed by atoms with Crippen molar-refractivity contribution in [1.82, 2.24) is 14.9 Å². The highest BCUT2D eigenvalue weighted by atomic mass is 32.2. The standard InChI is InChI=1S/C19H27N4O5S/c1-3-22-17(24)15-10-14(29(26,27)21-19(2)6-7-19)4-5-16(15)23(18(22)25)11-13-12-28-9-8-20-13/h4-5,10,13-14,20-21H,3,6-9,11-12H2,1-2H3/q+1. The van der Waals surface area contributed by atoms with Crippen LogP contribution in [0.4, 0.5) is 4.79 Å². The topological polar surface area (TPSA) is 108 Å². The van der Waals surface area contributed by atoms with Crippen molar-refractivity contribution in [1.29, 1.82) is 0 Å². The van der Waals surface area contributed by atoms with Crippen LogP contribution in [0.1, 0.15) is 26.7 Å². The van der Waals surface area contributed by atoms with Crippen LogP contribution in [0.25, 0.3) is 0 Å². The summed E-state index contributed by atoms with van der Waals surface area (Å²) in [6, 6.07) is -0.453. The summed E-state index contributed by atoms with van der Waals surface area (Å²) in [5.74, 6) is -0.459. The molecule has 0 radical (unpaired) electrons. The summed E-state index contributed by atoms with van der Waals surface area (Å²) in [5, 5.41) is 2.36. The number of amides is 3. The molecule has 2 aliphatic heterocycles. The number of likely N-dealkylation sites (N-methyl/N-ethyl adjacent to an activating group) is 1. The van der Waals surface area contributed by atoms with Crippen LogP contribution in [0, 0.1) is 0 Å². The predicted octanol–water partition coefficient (Wildman–Crippen LogP) is -0.253. The number of morpholine rings is 1. The van der Waals surface area contributed by atoms with E-state index >= 15 is 0 Å². The van der Waals surface area contributed by atoms with Crippen molar-refractivity contribution in [3.63, 3.8) is 0 Å². The van der Waals surface area contributed by atoms with Crippen LogP contribution in [-0.4, -0.2) is 85.2 Å². The first-order chi connectivity index (χ1) is 13.7. The van der Waals surface area contributed by atoms with Gasteiger partial charge < -0.3 is 10.1 Å². The highest BCUT2D eigenvalue weighted by Gasteiger charge is 2.47. The number of imide groups is 1. The largest absolute Gasteiger partial charge is 0.501 e. The van der Waals surface area contributed by atoms with E-state index in [0.717, 1.165) is 17.7 Å². The SMILES string of the molecule is CCN1C(=O)C2=CC(S(=O)(=O)NC3(C)CC3)C=CC2=[N+](CC2COCCN2)C1=O. The number of hydrogen-bond acceptors (Lipinski definition) is 6. The number of carbonyl (C=O) groups excluding carboxylic acids is 2. The number of nitrogens with zero attached hydrogens (tertiary/aromatic N) is 2. The number of urea groups is 1. The average Bonchev–Trinajstić information content (AvgIpc) is 3.41. The molecule has 2 fully saturated rings. The molecular formula is C19H27N4O5S+. The lowest BCUT2D eigenvalue weighted by molar-refractivity contribution is -0.441. The van der Waals surface area contributed by atoms with Gasteiger partial charge in [0.25, 0.3) is 0 Å². The summed E-state index contributed by atoms with van der Waals surface area (Å²) in [4.78, 5) is 27.0. The molecule has 29 heavy (non-hydrogen) atoms. The first kappa shape index (κ1) is 20.4. The van der Waals surface area contributed by atoms with Crippen molar-refractivity contribution in [2.24, 2.45) is 0 Å². The Bertz CT molecular complexity index is 926. The molecule has 0 aromatic heterocycles. The van der Waals surface area contributed by atoms with Crippen molar-refractivity contribution in [2.75, 3.05) is 32.8 Å². The second kappa shape index (κ2) is 7.42. The number of carbonyl (C=O) groups is 2. The van der Waals surface area contributed by atoms with E-state index < -0.39 is 32.8 Å². The molecule has 2 heterocycles. The number of allylic oxidation sites excluding steroid dienone is 1. The van der Waals surface area contributed by atoms with E-state index in [-0.39, 0.29) is 18.2 Å². The van der Waals surface area contributed by atoms with Gasteiger partial charge >= 0.3 is 11.9 Å². The van der Waals surface area contributed by atoms with Gasteiger partial charge in [0, 0.05) is 12.1 Å². The van der Waals surface area contributed by atoms with Crippen molar-refractivity contribution < 1.29 is 27.3 Å². The minimum absolute atomic E-state index is 0.0558. The van der Waals surface area contributed by atoms with Crippen LogP contribution in [0.3, 0.4) is 0 Å². The van der Waals surface area contributed by atoms with Crippen LogP contribution >= 0.6 is 0 Å². The summed E-state index contributed by atoms with van der Waals surface area (Å²) in [6.45, 7) is 5.94. The Morgan fingerprint density at radius 1 is 1.38 bits per heavy atom. The van der Waals surface area contributed by atoms with Gasteiger partial charge in [0.2, 0.25) is 10.0 Å². The maximum absolute atomic E-state index is 12.9. The molecule has 0 aromatic rings. The van der Waals surface area contributed by atoms with Gasteiger partial charge in [0.05, 0.1) is 25.8 Å². The van der Waals surface area contributed by atoms with Crippen molar-refractivity contribution in [3.8, 4) is 0 Å². The lowest BCUT2D eigenvalue weighted by atomic mass is 9.99. The highest BCUT2D eigenvalue weighted by Crippen LogP contribution is 2.36. The third-order valence-electron chi connectivity index (χ3n) is 5.74. The fourth-order valence-electron chi connectivity index (χ4n) is 3.78. The Morgan fingerprint density at radius 2 is 2.14 bits per heavy atom. The molecule has 0 bridgehead atoms. The Balaban J connectivity index is 1.68. The van der Waals surface area contributed by atoms with Gasteiger partial charge in [-0.3, -0.25) is 0 Å². The second-order valence-electron chi connectivity index (χ2n) is 8.17. The van der Waals surface area contributed by atoms with E-state index in [4.69, 9.17) is 4.74 Å². The van der Waals surface area contributed by atoms with Crippen molar-refractivity contribution in [3.05, 3.63) is 23.8 Å². The number of hydrogen-bond donors (Lipinski definition) is 2. The molecule has 1 saturated heterocycles. The molecule has 4 rings (SSSR count). The van der Waals surface area contributed by atoms with Crippen LogP contribution in [0.2, 0.25) is 0 Å². The van der Waals surface area contributed by atoms with Crippen molar-refractivity contribution in [2.45, 2.75) is 43.5 Å². The monoisotopic (exact) mass is 423 g/mol. The van der Waals surface area contributed by atoms with E-state index in [0.29, 0.717) is 32.0 Å². The zero-order valence-corrected chi connectivity index (χ0v) is 17.5. The number of ether oxygens (including phenoxy) is 1. The lowest BCUT2D eigenvalue weighted by Crippen LogP contribution is -2.56. The maximum atomic E-state index is 12.9. The fourth-order valence-corrected chi connectivity index (χ4v) is 5.41. The summed E-state index contributed by atoms with van der Waals surface area (Å²) in [6.07, 6.45) is 6.18. The van der Waals surface area contributed by atoms with E-state index in [9.17, 15) is 18.0 Å². The minimum atomic E-state index is -3.67. The minimum Gasteiger partial charge on any atom is -0.378 e. The van der Waals surface area contributed by atoms with Gasteiger partial charge in [0.15, 0.2) is 0 Å². The molecule has 2 unspecified atom stereocenters. The fraction of sp³-hybridized carbons (Fsp3) is 0.632. The zero-order valence-electron chi connectivity index (χ0n) is 16.7. The van der Waals surface area contributed by atoms with Gasteiger partial charge in [-0.15, -0.1) is 0 Å². The Kier molecular flexibility index (Phi) is 5.22. The van der Waals surface area contributed by atoms with Gasteiger partial charge in [-0.25, -0.2) is 17.9 Å². The van der Waals surface area contributed by atoms with Gasteiger partial charge in [0.1, 0.15) is 23.1 Å². The molecule has 2 N–H and O–H groups in total. The highest BCUT2D eigenvalue weighted by molar-refractivity contribution is 7.90. The predicted molar refractivity (Wildman–Crippen MR) is 106 cm³/mol. The zero-order chi connectivity index (χ0) is 20.8. The Morgan fingerprint density at radius 3 is 2.76 bits per heavy atom. The maximum Gasteiger partial charge on any atom is 0.501 e. The normalized spacial score (nSPS) is 29.0. The van der Waals surface area contributed by atoms with Crippen LogP contribution in [0.15, 0.2) is 23.8 Å². The Labute approximate surface area is 170 Å². The molecule has 10 heteroatoms. The van der Waals surface area contributed by atoms with Gasteiger partial charge in [-0.05, 0) is 38.8 Å². The number of rotatable bonds is 6. The third kappa shape index (κ3) is 3.94. The Hall–Kier alpha value is -1.88. The average molecular weight is 424 g/mol. The quantitative estimate of drug-likeness (QED) is 0.571. The first-order valence-electron chi connectivity index (χ1n) is 9.99. The molecule has 0 aromatic carbocycles. The van der Waals surface area contributed by atoms with Crippen LogP contribution in [0.5, 0.6) is 0 Å². The smallest absolute Gasteiger partial charge is 0.378 e. The second-order valence-corrected chi connectivity index (χ2v) is 10.0. The number of sulfonamides is 1. The van der Waals surface area contributed by atoms with Gasteiger partial charge in [-0.2, -0.15) is 14.3 Å². The molecule has 2 atom stereocenters. The summed E-state index contributed by atoms with van der Waals surface area (Å²) < 4.78 is 35.3.